The van der Waals surface area contributed by atoms with E-state index >= 15 is 0 Å². The summed E-state index contributed by atoms with van der Waals surface area (Å²) in [4.78, 5) is 0. The van der Waals surface area contributed by atoms with Gasteiger partial charge in [-0.15, -0.1) is 0 Å². The molecule has 0 amide bonds. The van der Waals surface area contributed by atoms with Crippen LogP contribution >= 0.6 is 31.9 Å². The number of aliphatic hydroxyl groups excluding tert-OH is 1. The van der Waals surface area contributed by atoms with Crippen LogP contribution in [0.1, 0.15) is 5.56 Å². The SMILES string of the molecule is Cc1cc(Br)ccc1NCC(O)COc1ccc(Br)cc1. The van der Waals surface area contributed by atoms with Gasteiger partial charge in [0.2, 0.25) is 0 Å². The molecule has 5 heteroatoms. The molecule has 0 fully saturated rings. The fourth-order valence-corrected chi connectivity index (χ4v) is 2.58. The summed E-state index contributed by atoms with van der Waals surface area (Å²) in [5.74, 6) is 0.747. The van der Waals surface area contributed by atoms with Gasteiger partial charge in [-0.25, -0.2) is 0 Å². The fourth-order valence-electron chi connectivity index (χ4n) is 1.84. The number of hydrogen-bond donors (Lipinski definition) is 2. The standard InChI is InChI=1S/C16H17Br2NO2/c1-11-8-13(18)4-7-16(11)19-9-14(20)10-21-15-5-2-12(17)3-6-15/h2-8,14,19-20H,9-10H2,1H3. The monoisotopic (exact) mass is 413 g/mol. The molecule has 2 aromatic carbocycles. The largest absolute Gasteiger partial charge is 0.491 e. The van der Waals surface area contributed by atoms with Crippen LogP contribution in [0.2, 0.25) is 0 Å². The minimum absolute atomic E-state index is 0.254. The molecule has 0 aliphatic carbocycles. The number of halogens is 2. The molecule has 2 N–H and O–H groups in total. The summed E-state index contributed by atoms with van der Waals surface area (Å²) in [5, 5.41) is 13.2. The lowest BCUT2D eigenvalue weighted by Gasteiger charge is -2.15. The topological polar surface area (TPSA) is 41.5 Å². The highest BCUT2D eigenvalue weighted by Gasteiger charge is 2.06. The predicted molar refractivity (Wildman–Crippen MR) is 93.0 cm³/mol. The predicted octanol–water partition coefficient (Wildman–Crippen LogP) is 4.37. The smallest absolute Gasteiger partial charge is 0.119 e. The molecule has 0 saturated heterocycles. The van der Waals surface area contributed by atoms with Crippen LogP contribution in [-0.4, -0.2) is 24.4 Å². The molecular weight excluding hydrogens is 398 g/mol. The first-order valence-corrected chi connectivity index (χ1v) is 8.19. The van der Waals surface area contributed by atoms with Crippen LogP contribution in [0.25, 0.3) is 0 Å². The summed E-state index contributed by atoms with van der Waals surface area (Å²) < 4.78 is 7.59. The molecule has 1 atom stereocenters. The Morgan fingerprint density at radius 3 is 2.43 bits per heavy atom. The van der Waals surface area contributed by atoms with Crippen molar-refractivity contribution in [3.05, 3.63) is 57.0 Å². The van der Waals surface area contributed by atoms with E-state index in [0.717, 1.165) is 25.9 Å². The lowest BCUT2D eigenvalue weighted by atomic mass is 10.2. The van der Waals surface area contributed by atoms with E-state index in [9.17, 15) is 5.11 Å². The Morgan fingerprint density at radius 1 is 1.10 bits per heavy atom. The van der Waals surface area contributed by atoms with Crippen molar-refractivity contribution in [3.8, 4) is 5.75 Å². The van der Waals surface area contributed by atoms with Crippen molar-refractivity contribution in [1.29, 1.82) is 0 Å². The second-order valence-electron chi connectivity index (χ2n) is 4.76. The minimum atomic E-state index is -0.573. The first-order valence-electron chi connectivity index (χ1n) is 6.61. The summed E-state index contributed by atoms with van der Waals surface area (Å²) in [7, 11) is 0. The van der Waals surface area contributed by atoms with Crippen LogP contribution in [0.4, 0.5) is 5.69 Å². The van der Waals surface area contributed by atoms with Gasteiger partial charge < -0.3 is 15.2 Å². The van der Waals surface area contributed by atoms with E-state index in [1.165, 1.54) is 0 Å². The second-order valence-corrected chi connectivity index (χ2v) is 6.59. The molecule has 0 bridgehead atoms. The number of aryl methyl sites for hydroxylation is 1. The Balaban J connectivity index is 1.79. The average molecular weight is 415 g/mol. The Labute approximate surface area is 141 Å². The summed E-state index contributed by atoms with van der Waals surface area (Å²) >= 11 is 6.80. The van der Waals surface area contributed by atoms with Crippen molar-refractivity contribution in [2.45, 2.75) is 13.0 Å². The van der Waals surface area contributed by atoms with Crippen molar-refractivity contribution in [3.63, 3.8) is 0 Å². The van der Waals surface area contributed by atoms with Gasteiger partial charge in [0, 0.05) is 21.2 Å². The van der Waals surface area contributed by atoms with Crippen LogP contribution in [-0.2, 0) is 0 Å². The Bertz CT molecular complexity index is 587. The first kappa shape index (κ1) is 16.3. The maximum Gasteiger partial charge on any atom is 0.119 e. The van der Waals surface area contributed by atoms with Gasteiger partial charge in [0.1, 0.15) is 18.5 Å². The third-order valence-electron chi connectivity index (χ3n) is 2.97. The van der Waals surface area contributed by atoms with Gasteiger partial charge in [-0.1, -0.05) is 31.9 Å². The fraction of sp³-hybridized carbons (Fsp3) is 0.250. The number of benzene rings is 2. The van der Waals surface area contributed by atoms with Gasteiger partial charge in [-0.05, 0) is 55.0 Å². The van der Waals surface area contributed by atoms with E-state index in [4.69, 9.17) is 4.74 Å². The van der Waals surface area contributed by atoms with Crippen LogP contribution in [0.3, 0.4) is 0 Å². The van der Waals surface area contributed by atoms with Gasteiger partial charge in [0.05, 0.1) is 0 Å². The van der Waals surface area contributed by atoms with Crippen LogP contribution in [0, 0.1) is 6.92 Å². The van der Waals surface area contributed by atoms with Gasteiger partial charge in [-0.3, -0.25) is 0 Å². The summed E-state index contributed by atoms with van der Waals surface area (Å²) in [6.45, 7) is 2.72. The van der Waals surface area contributed by atoms with E-state index in [1.807, 2.05) is 49.4 Å². The molecule has 0 heterocycles. The van der Waals surface area contributed by atoms with Gasteiger partial charge in [0.15, 0.2) is 0 Å². The van der Waals surface area contributed by atoms with E-state index in [1.54, 1.807) is 0 Å². The molecule has 0 spiro atoms. The molecule has 2 rings (SSSR count). The molecule has 112 valence electrons. The third-order valence-corrected chi connectivity index (χ3v) is 3.99. The molecule has 2 aromatic rings. The lowest BCUT2D eigenvalue weighted by molar-refractivity contribution is 0.117. The molecule has 0 saturated carbocycles. The highest BCUT2D eigenvalue weighted by atomic mass is 79.9. The maximum absolute atomic E-state index is 9.97. The number of rotatable bonds is 6. The van der Waals surface area contributed by atoms with Crippen molar-refractivity contribution in [2.24, 2.45) is 0 Å². The van der Waals surface area contributed by atoms with E-state index in [-0.39, 0.29) is 6.61 Å². The number of aliphatic hydroxyl groups is 1. The number of nitrogens with one attached hydrogen (secondary N) is 1. The molecular formula is C16H17Br2NO2. The summed E-state index contributed by atoms with van der Waals surface area (Å²) in [5.41, 5.74) is 2.14. The Hall–Kier alpha value is -1.04. The summed E-state index contributed by atoms with van der Waals surface area (Å²) in [6, 6.07) is 13.5. The first-order chi connectivity index (χ1) is 10.0. The van der Waals surface area contributed by atoms with E-state index in [2.05, 4.69) is 37.2 Å². The van der Waals surface area contributed by atoms with Crippen molar-refractivity contribution in [2.75, 3.05) is 18.5 Å². The molecule has 3 nitrogen and oxygen atoms in total. The Kier molecular flexibility index (Phi) is 6.08. The zero-order valence-electron chi connectivity index (χ0n) is 11.6. The highest BCUT2D eigenvalue weighted by Crippen LogP contribution is 2.20. The number of hydrogen-bond acceptors (Lipinski definition) is 3. The van der Waals surface area contributed by atoms with Gasteiger partial charge in [-0.2, -0.15) is 0 Å². The second kappa shape index (κ2) is 7.82. The lowest BCUT2D eigenvalue weighted by Crippen LogP contribution is -2.26. The van der Waals surface area contributed by atoms with E-state index < -0.39 is 6.10 Å². The van der Waals surface area contributed by atoms with Crippen LogP contribution in [0.15, 0.2) is 51.4 Å². The molecule has 0 aromatic heterocycles. The number of ether oxygens (including phenoxy) is 1. The highest BCUT2D eigenvalue weighted by molar-refractivity contribution is 9.10. The molecule has 0 aliphatic rings. The molecule has 0 radical (unpaired) electrons. The third kappa shape index (κ3) is 5.34. The van der Waals surface area contributed by atoms with Gasteiger partial charge >= 0.3 is 0 Å². The normalized spacial score (nSPS) is 12.0. The van der Waals surface area contributed by atoms with Crippen LogP contribution in [0.5, 0.6) is 5.75 Å². The Morgan fingerprint density at radius 2 is 1.76 bits per heavy atom. The average Bonchev–Trinajstić information content (AvgIpc) is 2.46. The van der Waals surface area contributed by atoms with Crippen molar-refractivity contribution in [1.82, 2.24) is 0 Å². The molecule has 21 heavy (non-hydrogen) atoms. The zero-order valence-corrected chi connectivity index (χ0v) is 14.8. The van der Waals surface area contributed by atoms with Gasteiger partial charge in [0.25, 0.3) is 0 Å². The van der Waals surface area contributed by atoms with Crippen molar-refractivity contribution >= 4 is 37.5 Å². The number of anilines is 1. The minimum Gasteiger partial charge on any atom is -0.491 e. The van der Waals surface area contributed by atoms with Crippen LogP contribution < -0.4 is 10.1 Å². The molecule has 0 aliphatic heterocycles. The van der Waals surface area contributed by atoms with Crippen molar-refractivity contribution < 1.29 is 9.84 Å². The zero-order chi connectivity index (χ0) is 15.2. The quantitative estimate of drug-likeness (QED) is 0.737. The van der Waals surface area contributed by atoms with E-state index in [0.29, 0.717) is 6.54 Å². The summed E-state index contributed by atoms with van der Waals surface area (Å²) in [6.07, 6.45) is -0.573. The maximum atomic E-state index is 9.97. The molecule has 1 unspecified atom stereocenters.